The van der Waals surface area contributed by atoms with Crippen LogP contribution in [0.15, 0.2) is 29.2 Å². The molecule has 0 aliphatic carbocycles. The molecule has 0 aromatic heterocycles. The second-order valence-corrected chi connectivity index (χ2v) is 10.7. The summed E-state index contributed by atoms with van der Waals surface area (Å²) in [6.45, 7) is 1.17. The molecule has 0 bridgehead atoms. The third-order valence-electron chi connectivity index (χ3n) is 4.82. The zero-order valence-corrected chi connectivity index (χ0v) is 15.4. The van der Waals surface area contributed by atoms with E-state index in [2.05, 4.69) is 0 Å². The van der Waals surface area contributed by atoms with Crippen LogP contribution in [0.25, 0.3) is 0 Å². The van der Waals surface area contributed by atoms with Crippen LogP contribution in [0.4, 0.5) is 13.2 Å². The van der Waals surface area contributed by atoms with Crippen molar-refractivity contribution in [2.24, 2.45) is 0 Å². The Labute approximate surface area is 150 Å². The minimum absolute atomic E-state index is 0.0871. The summed E-state index contributed by atoms with van der Waals surface area (Å²) in [4.78, 5) is 1.80. The maximum atomic E-state index is 12.6. The lowest BCUT2D eigenvalue weighted by atomic mass is 10.2. The summed E-state index contributed by atoms with van der Waals surface area (Å²) >= 11 is 0. The van der Waals surface area contributed by atoms with E-state index in [1.54, 1.807) is 0 Å². The second-order valence-electron chi connectivity index (χ2n) is 6.52. The van der Waals surface area contributed by atoms with E-state index in [1.165, 1.54) is 4.31 Å². The molecule has 0 saturated carbocycles. The highest BCUT2D eigenvalue weighted by Crippen LogP contribution is 2.30. The van der Waals surface area contributed by atoms with Gasteiger partial charge in [-0.2, -0.15) is 17.5 Å². The molecule has 0 spiro atoms. The third-order valence-corrected chi connectivity index (χ3v) is 8.48. The lowest BCUT2D eigenvalue weighted by molar-refractivity contribution is -0.137. The third kappa shape index (κ3) is 4.05. The van der Waals surface area contributed by atoms with Gasteiger partial charge in [-0.3, -0.25) is 4.90 Å². The Morgan fingerprint density at radius 1 is 1.00 bits per heavy atom. The van der Waals surface area contributed by atoms with Crippen molar-refractivity contribution in [1.82, 2.24) is 9.21 Å². The predicted molar refractivity (Wildman–Crippen MR) is 88.8 cm³/mol. The van der Waals surface area contributed by atoms with E-state index in [0.717, 1.165) is 24.3 Å². The monoisotopic (exact) mass is 412 g/mol. The molecule has 146 valence electrons. The van der Waals surface area contributed by atoms with Crippen LogP contribution in [-0.4, -0.2) is 69.8 Å². The summed E-state index contributed by atoms with van der Waals surface area (Å²) in [6, 6.07) is 3.36. The van der Waals surface area contributed by atoms with Crippen LogP contribution in [0.2, 0.25) is 0 Å². The minimum atomic E-state index is -4.52. The van der Waals surface area contributed by atoms with Crippen molar-refractivity contribution in [2.45, 2.75) is 23.5 Å². The largest absolute Gasteiger partial charge is 0.416 e. The van der Waals surface area contributed by atoms with Crippen molar-refractivity contribution < 1.29 is 30.0 Å². The highest BCUT2D eigenvalue weighted by atomic mass is 32.2. The van der Waals surface area contributed by atoms with Gasteiger partial charge in [0.15, 0.2) is 9.84 Å². The number of rotatable bonds is 3. The quantitative estimate of drug-likeness (QED) is 0.746. The maximum Gasteiger partial charge on any atom is 0.416 e. The molecule has 2 aliphatic heterocycles. The summed E-state index contributed by atoms with van der Waals surface area (Å²) in [5, 5.41) is 0. The van der Waals surface area contributed by atoms with Gasteiger partial charge in [0.2, 0.25) is 10.0 Å². The van der Waals surface area contributed by atoms with Gasteiger partial charge < -0.3 is 0 Å². The van der Waals surface area contributed by atoms with E-state index >= 15 is 0 Å². The Bertz CT molecular complexity index is 859. The van der Waals surface area contributed by atoms with Gasteiger partial charge in [-0.05, 0) is 30.7 Å². The average molecular weight is 412 g/mol. The molecule has 1 aromatic rings. The van der Waals surface area contributed by atoms with Crippen molar-refractivity contribution in [3.8, 4) is 0 Å². The first-order valence-electron chi connectivity index (χ1n) is 8.11. The van der Waals surface area contributed by atoms with Gasteiger partial charge in [0.25, 0.3) is 0 Å². The number of sulfonamides is 1. The predicted octanol–water partition coefficient (Wildman–Crippen LogP) is 1.20. The minimum Gasteiger partial charge on any atom is -0.297 e. The molecule has 1 aromatic carbocycles. The number of piperazine rings is 1. The highest BCUT2D eigenvalue weighted by Gasteiger charge is 2.36. The molecule has 2 aliphatic rings. The standard InChI is InChI=1S/C15H19F3N2O4S2/c16-15(17,18)12-1-3-14(4-2-12)26(23,24)20-8-6-19(7-9-20)13-5-10-25(21,22)11-13/h1-4,13H,5-11H2/t13-/m0/s1. The van der Waals surface area contributed by atoms with Gasteiger partial charge >= 0.3 is 6.18 Å². The molecule has 26 heavy (non-hydrogen) atoms. The number of halogens is 3. The number of nitrogens with zero attached hydrogens (tertiary/aromatic N) is 2. The van der Waals surface area contributed by atoms with E-state index in [-0.39, 0.29) is 35.5 Å². The molecule has 0 radical (unpaired) electrons. The van der Waals surface area contributed by atoms with E-state index < -0.39 is 31.6 Å². The fourth-order valence-electron chi connectivity index (χ4n) is 3.34. The van der Waals surface area contributed by atoms with Crippen LogP contribution in [0, 0.1) is 0 Å². The summed E-state index contributed by atoms with van der Waals surface area (Å²) < 4.78 is 87.4. The lowest BCUT2D eigenvalue weighted by Gasteiger charge is -2.36. The van der Waals surface area contributed by atoms with E-state index in [4.69, 9.17) is 0 Å². The Balaban J connectivity index is 1.66. The van der Waals surface area contributed by atoms with Crippen LogP contribution < -0.4 is 0 Å². The first-order valence-corrected chi connectivity index (χ1v) is 11.4. The van der Waals surface area contributed by atoms with Gasteiger partial charge in [-0.25, -0.2) is 16.8 Å². The van der Waals surface area contributed by atoms with E-state index in [0.29, 0.717) is 19.5 Å². The first kappa shape index (κ1) is 19.6. The van der Waals surface area contributed by atoms with Crippen LogP contribution in [0.1, 0.15) is 12.0 Å². The van der Waals surface area contributed by atoms with E-state index in [9.17, 15) is 30.0 Å². The molecular weight excluding hydrogens is 393 g/mol. The number of hydrogen-bond donors (Lipinski definition) is 0. The number of sulfone groups is 1. The van der Waals surface area contributed by atoms with Crippen LogP contribution >= 0.6 is 0 Å². The average Bonchev–Trinajstić information content (AvgIpc) is 2.94. The molecule has 6 nitrogen and oxygen atoms in total. The topological polar surface area (TPSA) is 74.8 Å². The molecule has 2 heterocycles. The smallest absolute Gasteiger partial charge is 0.297 e. The van der Waals surface area contributed by atoms with Crippen LogP contribution in [0.3, 0.4) is 0 Å². The molecule has 11 heteroatoms. The van der Waals surface area contributed by atoms with Crippen LogP contribution in [-0.2, 0) is 26.0 Å². The van der Waals surface area contributed by atoms with Gasteiger partial charge in [0.1, 0.15) is 0 Å². The van der Waals surface area contributed by atoms with Crippen molar-refractivity contribution in [3.63, 3.8) is 0 Å². The maximum absolute atomic E-state index is 12.6. The molecule has 2 saturated heterocycles. The molecule has 0 unspecified atom stereocenters. The Morgan fingerprint density at radius 3 is 2.04 bits per heavy atom. The van der Waals surface area contributed by atoms with Gasteiger partial charge in [0, 0.05) is 32.2 Å². The molecular formula is C15H19F3N2O4S2. The zero-order chi connectivity index (χ0) is 19.2. The van der Waals surface area contributed by atoms with Crippen molar-refractivity contribution in [2.75, 3.05) is 37.7 Å². The van der Waals surface area contributed by atoms with Crippen molar-refractivity contribution in [3.05, 3.63) is 29.8 Å². The Hall–Kier alpha value is -1.17. The van der Waals surface area contributed by atoms with E-state index in [1.807, 2.05) is 4.90 Å². The van der Waals surface area contributed by atoms with Crippen molar-refractivity contribution >= 4 is 19.9 Å². The number of alkyl halides is 3. The van der Waals surface area contributed by atoms with Crippen LogP contribution in [0.5, 0.6) is 0 Å². The zero-order valence-electron chi connectivity index (χ0n) is 13.8. The Kier molecular flexibility index (Phi) is 5.10. The van der Waals surface area contributed by atoms with Gasteiger partial charge in [0.05, 0.1) is 22.0 Å². The molecule has 3 rings (SSSR count). The summed E-state index contributed by atoms with van der Waals surface area (Å²) in [5.74, 6) is 0.250. The summed E-state index contributed by atoms with van der Waals surface area (Å²) in [6.07, 6.45) is -3.97. The number of hydrogen-bond acceptors (Lipinski definition) is 5. The fourth-order valence-corrected chi connectivity index (χ4v) is 6.52. The molecule has 1 atom stereocenters. The summed E-state index contributed by atoms with van der Waals surface area (Å²) in [7, 11) is -6.88. The molecule has 2 fully saturated rings. The molecule has 0 amide bonds. The number of benzene rings is 1. The summed E-state index contributed by atoms with van der Waals surface area (Å²) in [5.41, 5.74) is -0.899. The SMILES string of the molecule is O=S1(=O)CC[C@H](N2CCN(S(=O)(=O)c3ccc(C(F)(F)F)cc3)CC2)C1. The van der Waals surface area contributed by atoms with Crippen molar-refractivity contribution in [1.29, 1.82) is 0 Å². The lowest BCUT2D eigenvalue weighted by Crippen LogP contribution is -2.52. The first-order chi connectivity index (χ1) is 12.0. The molecule has 0 N–H and O–H groups in total. The normalized spacial score (nSPS) is 25.4. The second kappa shape index (κ2) is 6.77. The fraction of sp³-hybridized carbons (Fsp3) is 0.600. The highest BCUT2D eigenvalue weighted by molar-refractivity contribution is 7.91. The van der Waals surface area contributed by atoms with Gasteiger partial charge in [-0.15, -0.1) is 0 Å². The van der Waals surface area contributed by atoms with Gasteiger partial charge in [-0.1, -0.05) is 0 Å². The Morgan fingerprint density at radius 2 is 1.58 bits per heavy atom.